The molecule has 0 spiro atoms. The monoisotopic (exact) mass is 730 g/mol. The predicted octanol–water partition coefficient (Wildman–Crippen LogP) is 3.33. The number of anilines is 1. The molecule has 2 aromatic rings. The van der Waals surface area contributed by atoms with Crippen molar-refractivity contribution in [1.82, 2.24) is 28.8 Å². The van der Waals surface area contributed by atoms with Gasteiger partial charge in [-0.15, -0.1) is 0 Å². The maximum atomic E-state index is 14.0. The Labute approximate surface area is 302 Å². The van der Waals surface area contributed by atoms with Crippen LogP contribution in [0.2, 0.25) is 0 Å². The predicted molar refractivity (Wildman–Crippen MR) is 195 cm³/mol. The topological polar surface area (TPSA) is 204 Å². The molecular formula is C35H54N8O7S. The Morgan fingerprint density at radius 2 is 1.86 bits per heavy atom. The van der Waals surface area contributed by atoms with Crippen LogP contribution in [0.1, 0.15) is 85.6 Å². The van der Waals surface area contributed by atoms with Crippen LogP contribution in [0.4, 0.5) is 10.5 Å². The third-order valence-corrected chi connectivity index (χ3v) is 9.85. The lowest BCUT2D eigenvalue weighted by atomic mass is 10.0. The molecule has 2 heterocycles. The maximum Gasteiger partial charge on any atom is 0.408 e. The number of nitrogen functional groups attached to an aromatic ring is 1. The molecule has 2 aliphatic rings. The molecular weight excluding hydrogens is 677 g/mol. The van der Waals surface area contributed by atoms with Gasteiger partial charge in [-0.3, -0.25) is 23.7 Å². The molecule has 1 aromatic heterocycles. The molecule has 6 atom stereocenters. The van der Waals surface area contributed by atoms with E-state index in [9.17, 15) is 23.4 Å². The van der Waals surface area contributed by atoms with Crippen LogP contribution in [0.3, 0.4) is 0 Å². The second-order valence-electron chi connectivity index (χ2n) is 14.8. The second kappa shape index (κ2) is 16.9. The summed E-state index contributed by atoms with van der Waals surface area (Å²) in [6.07, 6.45) is 7.01. The number of aromatic nitrogens is 2. The van der Waals surface area contributed by atoms with Crippen molar-refractivity contribution >= 4 is 51.7 Å². The van der Waals surface area contributed by atoms with E-state index in [1.54, 1.807) is 40.9 Å². The smallest absolute Gasteiger partial charge is 0.408 e. The summed E-state index contributed by atoms with van der Waals surface area (Å²) in [7, 11) is 3.26. The van der Waals surface area contributed by atoms with E-state index < -0.39 is 52.9 Å². The Balaban J connectivity index is 1.37. The average molecular weight is 731 g/mol. The van der Waals surface area contributed by atoms with E-state index in [1.165, 1.54) is 9.21 Å². The van der Waals surface area contributed by atoms with Crippen molar-refractivity contribution in [3.05, 3.63) is 30.4 Å². The first-order valence-electron chi connectivity index (χ1n) is 17.6. The highest BCUT2D eigenvalue weighted by Crippen LogP contribution is 2.40. The number of benzene rings is 1. The van der Waals surface area contributed by atoms with E-state index in [-0.39, 0.29) is 36.8 Å². The van der Waals surface area contributed by atoms with Crippen LogP contribution in [-0.4, -0.2) is 91.2 Å². The minimum atomic E-state index is -1.54. The molecule has 15 nitrogen and oxygen atoms in total. The molecule has 2 fully saturated rings. The zero-order valence-electron chi connectivity index (χ0n) is 30.7. The number of fused-ring (bicyclic) bond motifs is 1. The number of likely N-dealkylation sites (tertiary alicyclic amines) is 1. The van der Waals surface area contributed by atoms with E-state index in [4.69, 9.17) is 20.9 Å². The van der Waals surface area contributed by atoms with Gasteiger partial charge in [-0.05, 0) is 78.4 Å². The van der Waals surface area contributed by atoms with Gasteiger partial charge in [0.05, 0.1) is 17.7 Å². The van der Waals surface area contributed by atoms with Gasteiger partial charge in [0, 0.05) is 32.5 Å². The van der Waals surface area contributed by atoms with Gasteiger partial charge in [0.2, 0.25) is 17.7 Å². The van der Waals surface area contributed by atoms with E-state index in [1.807, 2.05) is 42.7 Å². The standard InChI is InChI=1S/C35H54N8O7S/c1-21(2)43-27-17-13-15-25(36)29(27)39-33(43)49-23-19-28(30(37)44)42(20-23)32(46)26(38-34(47)50-35(3,4)5)16-12-10-8-9-11-14-22-18-24(22)31(45)40-51(48)41(6)7/h11,13-15,17,21-24,26,28H,8-10,12,16,18-20,36H2,1-7H3,(H2,37,44)(H,38,47)(H,40,45). The van der Waals surface area contributed by atoms with Gasteiger partial charge < -0.3 is 31.2 Å². The highest BCUT2D eigenvalue weighted by atomic mass is 32.2. The summed E-state index contributed by atoms with van der Waals surface area (Å²) >= 11 is -1.54. The number of nitrogens with two attached hydrogens (primary N) is 2. The van der Waals surface area contributed by atoms with E-state index in [2.05, 4.69) is 15.0 Å². The Hall–Kier alpha value is -4.18. The molecule has 4 rings (SSSR count). The third-order valence-electron chi connectivity index (χ3n) is 8.81. The lowest BCUT2D eigenvalue weighted by Gasteiger charge is -2.28. The molecule has 1 saturated heterocycles. The number of nitrogens with zero attached hydrogens (tertiary/aromatic N) is 4. The lowest BCUT2D eigenvalue weighted by Crippen LogP contribution is -2.53. The van der Waals surface area contributed by atoms with Crippen molar-refractivity contribution in [2.45, 2.75) is 109 Å². The number of rotatable bonds is 16. The molecule has 6 unspecified atom stereocenters. The first-order chi connectivity index (χ1) is 24.0. The summed E-state index contributed by atoms with van der Waals surface area (Å²) in [5.74, 6) is -1.34. The number of alkyl carbamates (subject to hydrolysis) is 1. The molecule has 6 N–H and O–H groups in total. The summed E-state index contributed by atoms with van der Waals surface area (Å²) in [5, 5.41) is 2.73. The van der Waals surface area contributed by atoms with Crippen LogP contribution in [-0.2, 0) is 30.3 Å². The number of imidazole rings is 1. The van der Waals surface area contributed by atoms with Crippen LogP contribution >= 0.6 is 0 Å². The number of carbonyl (C=O) groups excluding carboxylic acids is 4. The first kappa shape index (κ1) is 39.6. The van der Waals surface area contributed by atoms with E-state index >= 15 is 0 Å². The van der Waals surface area contributed by atoms with Gasteiger partial charge in [0.15, 0.2) is 11.2 Å². The molecule has 16 heteroatoms. The van der Waals surface area contributed by atoms with Crippen LogP contribution in [0, 0.1) is 11.8 Å². The fourth-order valence-electron chi connectivity index (χ4n) is 6.19. The second-order valence-corrected chi connectivity index (χ2v) is 16.2. The molecule has 1 aliphatic heterocycles. The van der Waals surface area contributed by atoms with Crippen LogP contribution in [0.15, 0.2) is 30.4 Å². The molecule has 51 heavy (non-hydrogen) atoms. The van der Waals surface area contributed by atoms with Crippen LogP contribution < -0.4 is 26.2 Å². The van der Waals surface area contributed by atoms with E-state index in [0.29, 0.717) is 30.1 Å². The van der Waals surface area contributed by atoms with Crippen molar-refractivity contribution in [1.29, 1.82) is 0 Å². The largest absolute Gasteiger partial charge is 0.459 e. The fourth-order valence-corrected chi connectivity index (χ4v) is 6.70. The highest BCUT2D eigenvalue weighted by Gasteiger charge is 2.43. The Morgan fingerprint density at radius 1 is 1.14 bits per heavy atom. The summed E-state index contributed by atoms with van der Waals surface area (Å²) in [5.41, 5.74) is 13.1. The quantitative estimate of drug-likeness (QED) is 0.113. The molecule has 1 aliphatic carbocycles. The normalized spacial score (nSPS) is 21.6. The minimum Gasteiger partial charge on any atom is -0.459 e. The number of amides is 4. The SMILES string of the molecule is CC(C)n1c(OC2CC(C(N)=O)N(C(=O)C(CCCCCC=CC3CC3C(=O)NS(=O)N(C)C)NC(=O)OC(C)(C)C)C2)nc2c(N)cccc21. The van der Waals surface area contributed by atoms with Crippen molar-refractivity contribution < 1.29 is 32.9 Å². The van der Waals surface area contributed by atoms with Gasteiger partial charge in [0.25, 0.3) is 6.01 Å². The molecule has 282 valence electrons. The maximum absolute atomic E-state index is 14.0. The number of nitrogens with one attached hydrogen (secondary N) is 2. The number of primary amides is 1. The van der Waals surface area contributed by atoms with Gasteiger partial charge >= 0.3 is 6.09 Å². The van der Waals surface area contributed by atoms with Gasteiger partial charge in [0.1, 0.15) is 29.3 Å². The fraction of sp³-hybridized carbons (Fsp3) is 0.629. The number of hydrogen-bond donors (Lipinski definition) is 4. The molecule has 1 saturated carbocycles. The zero-order chi connectivity index (χ0) is 37.6. The summed E-state index contributed by atoms with van der Waals surface area (Å²) in [6, 6.07) is 3.96. The van der Waals surface area contributed by atoms with Gasteiger partial charge in [-0.1, -0.05) is 31.1 Å². The first-order valence-corrected chi connectivity index (χ1v) is 18.7. The average Bonchev–Trinajstić information content (AvgIpc) is 3.52. The highest BCUT2D eigenvalue weighted by molar-refractivity contribution is 7.81. The Bertz CT molecular complexity index is 1640. The van der Waals surface area contributed by atoms with Crippen molar-refractivity contribution in [3.63, 3.8) is 0 Å². The number of hydrogen-bond acceptors (Lipinski definition) is 9. The van der Waals surface area contributed by atoms with Crippen molar-refractivity contribution in [2.24, 2.45) is 17.6 Å². The molecule has 4 amide bonds. The van der Waals surface area contributed by atoms with Crippen molar-refractivity contribution in [2.75, 3.05) is 26.4 Å². The van der Waals surface area contributed by atoms with E-state index in [0.717, 1.165) is 31.2 Å². The molecule has 0 bridgehead atoms. The van der Waals surface area contributed by atoms with Gasteiger partial charge in [-0.25, -0.2) is 13.3 Å². The summed E-state index contributed by atoms with van der Waals surface area (Å²) < 4.78 is 29.5. The van der Waals surface area contributed by atoms with Crippen molar-refractivity contribution in [3.8, 4) is 6.01 Å². The molecule has 0 radical (unpaired) electrons. The van der Waals surface area contributed by atoms with Gasteiger partial charge in [-0.2, -0.15) is 4.98 Å². The number of ether oxygens (including phenoxy) is 2. The summed E-state index contributed by atoms with van der Waals surface area (Å²) in [6.45, 7) is 9.29. The van der Waals surface area contributed by atoms with Crippen LogP contribution in [0.5, 0.6) is 6.01 Å². The number of para-hydroxylation sites is 1. The molecule has 1 aromatic carbocycles. The Morgan fingerprint density at radius 3 is 2.51 bits per heavy atom. The minimum absolute atomic E-state index is 0.00555. The number of carbonyl (C=O) groups is 4. The zero-order valence-corrected chi connectivity index (χ0v) is 31.5. The third kappa shape index (κ3) is 10.7. The number of unbranched alkanes of at least 4 members (excludes halogenated alkanes) is 3. The summed E-state index contributed by atoms with van der Waals surface area (Å²) in [4.78, 5) is 57.8. The Kier molecular flexibility index (Phi) is 13.1. The number of allylic oxidation sites excluding steroid dienone is 2. The lowest BCUT2D eigenvalue weighted by molar-refractivity contribution is -0.139. The van der Waals surface area contributed by atoms with Crippen LogP contribution in [0.25, 0.3) is 11.0 Å².